The van der Waals surface area contributed by atoms with Crippen molar-refractivity contribution in [3.8, 4) is 0 Å². The Morgan fingerprint density at radius 2 is 1.58 bits per heavy atom. The Balaban J connectivity index is 2.19. The van der Waals surface area contributed by atoms with E-state index in [1.54, 1.807) is 27.0 Å². The number of aromatic nitrogens is 1. The van der Waals surface area contributed by atoms with Gasteiger partial charge < -0.3 is 36.9 Å². The van der Waals surface area contributed by atoms with Gasteiger partial charge in [0, 0.05) is 23.5 Å². The van der Waals surface area contributed by atoms with Crippen molar-refractivity contribution in [2.45, 2.75) is 64.7 Å². The number of carbonyl (C=O) groups excluding carboxylic acids is 3. The minimum absolute atomic E-state index is 0.0516. The van der Waals surface area contributed by atoms with E-state index in [0.717, 1.165) is 16.5 Å². The van der Waals surface area contributed by atoms with Crippen molar-refractivity contribution in [1.82, 2.24) is 20.9 Å². The first-order valence-electron chi connectivity index (χ1n) is 12.0. The Hall–Kier alpha value is -3.44. The summed E-state index contributed by atoms with van der Waals surface area (Å²) in [4.78, 5) is 53.5. The number of carboxylic acids is 1. The Bertz CT molecular complexity index is 1070. The van der Waals surface area contributed by atoms with Gasteiger partial charge in [-0.1, -0.05) is 52.3 Å². The first-order valence-corrected chi connectivity index (χ1v) is 12.0. The molecule has 11 nitrogen and oxygen atoms in total. The van der Waals surface area contributed by atoms with Gasteiger partial charge in [0.2, 0.25) is 17.7 Å². The monoisotopic (exact) mass is 503 g/mol. The van der Waals surface area contributed by atoms with Crippen molar-refractivity contribution in [3.05, 3.63) is 36.0 Å². The Morgan fingerprint density at radius 3 is 2.17 bits per heavy atom. The van der Waals surface area contributed by atoms with Crippen LogP contribution in [0, 0.1) is 11.8 Å². The van der Waals surface area contributed by atoms with Crippen LogP contribution in [0.3, 0.4) is 0 Å². The van der Waals surface area contributed by atoms with E-state index < -0.39 is 54.5 Å². The predicted octanol–water partition coefficient (Wildman–Crippen LogP) is 0.271. The Kier molecular flexibility index (Phi) is 10.4. The van der Waals surface area contributed by atoms with Crippen molar-refractivity contribution in [3.63, 3.8) is 0 Å². The van der Waals surface area contributed by atoms with Crippen LogP contribution in [-0.4, -0.2) is 69.7 Å². The second kappa shape index (κ2) is 13.0. The van der Waals surface area contributed by atoms with E-state index in [1.165, 1.54) is 0 Å². The summed E-state index contributed by atoms with van der Waals surface area (Å²) in [6.45, 7) is 6.47. The molecule has 8 N–H and O–H groups in total. The number of carbonyl (C=O) groups is 4. The maximum Gasteiger partial charge on any atom is 0.326 e. The highest BCUT2D eigenvalue weighted by Gasteiger charge is 2.34. The topological polar surface area (TPSA) is 187 Å². The molecule has 0 fully saturated rings. The number of carboxylic acid groups (broad SMARTS) is 1. The summed E-state index contributed by atoms with van der Waals surface area (Å²) in [6, 6.07) is 3.01. The molecular weight excluding hydrogens is 466 g/mol. The number of para-hydroxylation sites is 1. The molecule has 5 unspecified atom stereocenters. The standard InChI is InChI=1S/C25H37N5O6/c1-5-14(4)21(30-23(33)20(13(2)3)29-22(32)17(26)12-31)24(34)28-19(25(35)36)10-15-11-27-18-9-7-6-8-16(15)18/h6-9,11,13-14,17,19-21,27,31H,5,10,12,26H2,1-4H3,(H,28,34)(H,29,32)(H,30,33)(H,35,36). The molecule has 0 aliphatic rings. The molecule has 0 aliphatic heterocycles. The van der Waals surface area contributed by atoms with Crippen LogP contribution >= 0.6 is 0 Å². The van der Waals surface area contributed by atoms with E-state index in [1.807, 2.05) is 31.2 Å². The van der Waals surface area contributed by atoms with Crippen molar-refractivity contribution >= 4 is 34.6 Å². The third-order valence-electron chi connectivity index (χ3n) is 6.29. The number of hydrogen-bond donors (Lipinski definition) is 7. The molecule has 0 saturated heterocycles. The summed E-state index contributed by atoms with van der Waals surface area (Å²) in [5.74, 6) is -3.79. The van der Waals surface area contributed by atoms with Gasteiger partial charge >= 0.3 is 5.97 Å². The molecule has 0 spiro atoms. The van der Waals surface area contributed by atoms with Gasteiger partial charge in [0.1, 0.15) is 24.2 Å². The molecule has 0 aliphatic carbocycles. The Labute approximate surface area is 210 Å². The van der Waals surface area contributed by atoms with Crippen molar-refractivity contribution in [1.29, 1.82) is 0 Å². The molecule has 0 radical (unpaired) electrons. The smallest absolute Gasteiger partial charge is 0.326 e. The fourth-order valence-corrected chi connectivity index (χ4v) is 3.81. The summed E-state index contributed by atoms with van der Waals surface area (Å²) in [5, 5.41) is 27.5. The molecule has 2 rings (SSSR count). The average Bonchev–Trinajstić information content (AvgIpc) is 3.26. The van der Waals surface area contributed by atoms with Crippen LogP contribution in [0.1, 0.15) is 39.7 Å². The molecular formula is C25H37N5O6. The molecule has 3 amide bonds. The van der Waals surface area contributed by atoms with Gasteiger partial charge in [-0.15, -0.1) is 0 Å². The van der Waals surface area contributed by atoms with Crippen LogP contribution in [0.4, 0.5) is 0 Å². The lowest BCUT2D eigenvalue weighted by molar-refractivity contribution is -0.142. The number of amides is 3. The van der Waals surface area contributed by atoms with Crippen LogP contribution in [0.15, 0.2) is 30.5 Å². The van der Waals surface area contributed by atoms with Crippen LogP contribution in [0.2, 0.25) is 0 Å². The highest BCUT2D eigenvalue weighted by Crippen LogP contribution is 2.19. The van der Waals surface area contributed by atoms with Gasteiger partial charge in [-0.3, -0.25) is 14.4 Å². The van der Waals surface area contributed by atoms with Crippen molar-refractivity contribution < 1.29 is 29.4 Å². The number of rotatable bonds is 13. The number of aliphatic hydroxyl groups is 1. The maximum atomic E-state index is 13.2. The van der Waals surface area contributed by atoms with Crippen LogP contribution in [0.5, 0.6) is 0 Å². The van der Waals surface area contributed by atoms with Crippen LogP contribution in [-0.2, 0) is 25.6 Å². The fourth-order valence-electron chi connectivity index (χ4n) is 3.81. The van der Waals surface area contributed by atoms with Crippen molar-refractivity contribution in [2.24, 2.45) is 17.6 Å². The number of nitrogens with two attached hydrogens (primary N) is 1. The zero-order valence-electron chi connectivity index (χ0n) is 21.1. The third-order valence-corrected chi connectivity index (χ3v) is 6.29. The number of aliphatic carboxylic acids is 1. The van der Waals surface area contributed by atoms with Crippen molar-refractivity contribution in [2.75, 3.05) is 6.61 Å². The number of nitrogens with one attached hydrogen (secondary N) is 4. The highest BCUT2D eigenvalue weighted by atomic mass is 16.4. The molecule has 2 aromatic rings. The number of benzene rings is 1. The number of hydrogen-bond acceptors (Lipinski definition) is 6. The molecule has 0 bridgehead atoms. The van der Waals surface area contributed by atoms with Gasteiger partial charge in [-0.2, -0.15) is 0 Å². The van der Waals surface area contributed by atoms with E-state index in [2.05, 4.69) is 20.9 Å². The quantitative estimate of drug-likeness (QED) is 0.204. The van der Waals surface area contributed by atoms with E-state index in [-0.39, 0.29) is 18.3 Å². The van der Waals surface area contributed by atoms with E-state index >= 15 is 0 Å². The fraction of sp³-hybridized carbons (Fsp3) is 0.520. The zero-order valence-corrected chi connectivity index (χ0v) is 21.1. The number of fused-ring (bicyclic) bond motifs is 1. The number of H-pyrrole nitrogens is 1. The normalized spacial score (nSPS) is 15.5. The van der Waals surface area contributed by atoms with Gasteiger partial charge in [-0.05, 0) is 23.5 Å². The molecule has 1 aromatic carbocycles. The molecule has 36 heavy (non-hydrogen) atoms. The highest BCUT2D eigenvalue weighted by molar-refractivity contribution is 5.94. The summed E-state index contributed by atoms with van der Waals surface area (Å²) >= 11 is 0. The number of aliphatic hydroxyl groups excluding tert-OH is 1. The van der Waals surface area contributed by atoms with Gasteiger partial charge in [0.15, 0.2) is 0 Å². The lowest BCUT2D eigenvalue weighted by Crippen LogP contribution is -2.60. The summed E-state index contributed by atoms with van der Waals surface area (Å²) in [7, 11) is 0. The molecule has 0 saturated carbocycles. The maximum absolute atomic E-state index is 13.2. The number of aromatic amines is 1. The third kappa shape index (κ3) is 7.28. The SMILES string of the molecule is CCC(C)C(NC(=O)C(NC(=O)C(N)CO)C(C)C)C(=O)NC(Cc1c[nH]c2ccccc12)C(=O)O. The second-order valence-electron chi connectivity index (χ2n) is 9.35. The minimum atomic E-state index is -1.22. The molecule has 5 atom stereocenters. The molecule has 11 heteroatoms. The molecule has 198 valence electrons. The summed E-state index contributed by atoms with van der Waals surface area (Å²) in [5.41, 5.74) is 7.14. The lowest BCUT2D eigenvalue weighted by Gasteiger charge is -2.29. The molecule has 1 heterocycles. The first kappa shape index (κ1) is 28.8. The summed E-state index contributed by atoms with van der Waals surface area (Å²) < 4.78 is 0. The zero-order chi connectivity index (χ0) is 27.0. The minimum Gasteiger partial charge on any atom is -0.480 e. The largest absolute Gasteiger partial charge is 0.480 e. The van der Waals surface area contributed by atoms with E-state index in [9.17, 15) is 24.3 Å². The predicted molar refractivity (Wildman–Crippen MR) is 135 cm³/mol. The lowest BCUT2D eigenvalue weighted by atomic mass is 9.95. The van der Waals surface area contributed by atoms with Crippen LogP contribution < -0.4 is 21.7 Å². The second-order valence-corrected chi connectivity index (χ2v) is 9.35. The Morgan fingerprint density at radius 1 is 0.972 bits per heavy atom. The van der Waals surface area contributed by atoms with Crippen LogP contribution in [0.25, 0.3) is 10.9 Å². The van der Waals surface area contributed by atoms with Gasteiger partial charge in [-0.25, -0.2) is 4.79 Å². The van der Waals surface area contributed by atoms with E-state index in [0.29, 0.717) is 6.42 Å². The molecule has 1 aromatic heterocycles. The first-order chi connectivity index (χ1) is 17.0. The van der Waals surface area contributed by atoms with E-state index in [4.69, 9.17) is 10.8 Å². The average molecular weight is 504 g/mol. The summed E-state index contributed by atoms with van der Waals surface area (Å²) in [6.07, 6.45) is 2.30. The van der Waals surface area contributed by atoms with Gasteiger partial charge in [0.05, 0.1) is 6.61 Å². The van der Waals surface area contributed by atoms with Gasteiger partial charge in [0.25, 0.3) is 0 Å².